The highest BCUT2D eigenvalue weighted by Crippen LogP contribution is 2.25. The predicted molar refractivity (Wildman–Crippen MR) is 101 cm³/mol. The smallest absolute Gasteiger partial charge is 0.414 e. The number of ether oxygens (including phenoxy) is 2. The fourth-order valence-electron chi connectivity index (χ4n) is 3.04. The van der Waals surface area contributed by atoms with Gasteiger partial charge in [-0.15, -0.1) is 0 Å². The number of nitrogens with one attached hydrogen (secondary N) is 1. The van der Waals surface area contributed by atoms with Crippen LogP contribution in [0.25, 0.3) is 5.69 Å². The van der Waals surface area contributed by atoms with E-state index < -0.39 is 24.1 Å². The molecule has 4 rings (SSSR count). The molecule has 0 bridgehead atoms. The van der Waals surface area contributed by atoms with Gasteiger partial charge in [0.15, 0.2) is 0 Å². The van der Waals surface area contributed by atoms with Crippen LogP contribution in [0.1, 0.15) is 5.69 Å². The zero-order valence-electron chi connectivity index (χ0n) is 15.9. The van der Waals surface area contributed by atoms with E-state index in [4.69, 9.17) is 4.74 Å². The van der Waals surface area contributed by atoms with Gasteiger partial charge in [0, 0.05) is 6.20 Å². The van der Waals surface area contributed by atoms with Crippen LogP contribution in [0.15, 0.2) is 43.4 Å². The van der Waals surface area contributed by atoms with E-state index in [0.717, 1.165) is 0 Å². The Morgan fingerprint density at radius 3 is 3.00 bits per heavy atom. The van der Waals surface area contributed by atoms with Gasteiger partial charge in [-0.25, -0.2) is 28.6 Å². The molecule has 12 heteroatoms. The molecule has 1 aliphatic heterocycles. The van der Waals surface area contributed by atoms with E-state index in [0.29, 0.717) is 17.9 Å². The molecule has 0 radical (unpaired) electrons. The molecule has 1 N–H and O–H groups in total. The van der Waals surface area contributed by atoms with E-state index in [1.807, 2.05) is 0 Å². The molecule has 2 amide bonds. The summed E-state index contributed by atoms with van der Waals surface area (Å²) in [6, 6.07) is 4.43. The SMILES string of the molecule is COC(=O)NC[C@H]1CN(c2ccc(-n3cnc(Cn4cncn4)c3)c(F)c2)C(=O)O1. The summed E-state index contributed by atoms with van der Waals surface area (Å²) < 4.78 is 27.6. The van der Waals surface area contributed by atoms with Crippen LogP contribution in [0, 0.1) is 5.82 Å². The van der Waals surface area contributed by atoms with E-state index in [9.17, 15) is 14.0 Å². The fraction of sp³-hybridized carbons (Fsp3) is 0.278. The molecule has 2 aromatic heterocycles. The Morgan fingerprint density at radius 1 is 1.40 bits per heavy atom. The van der Waals surface area contributed by atoms with Crippen LogP contribution in [0.4, 0.5) is 19.7 Å². The number of carbonyl (C=O) groups is 2. The van der Waals surface area contributed by atoms with E-state index in [-0.39, 0.29) is 18.8 Å². The van der Waals surface area contributed by atoms with Crippen molar-refractivity contribution in [3.63, 3.8) is 0 Å². The van der Waals surface area contributed by atoms with Gasteiger partial charge >= 0.3 is 12.2 Å². The number of anilines is 1. The van der Waals surface area contributed by atoms with Gasteiger partial charge in [0.1, 0.15) is 24.6 Å². The average molecular weight is 415 g/mol. The molecule has 11 nitrogen and oxygen atoms in total. The van der Waals surface area contributed by atoms with E-state index >= 15 is 0 Å². The molecule has 3 heterocycles. The second-order valence-corrected chi connectivity index (χ2v) is 6.49. The predicted octanol–water partition coefficient (Wildman–Crippen LogP) is 1.33. The Bertz CT molecular complexity index is 1050. The highest BCUT2D eigenvalue weighted by Gasteiger charge is 2.33. The molecule has 0 aliphatic carbocycles. The van der Waals surface area contributed by atoms with Crippen molar-refractivity contribution >= 4 is 17.9 Å². The molecule has 0 spiro atoms. The van der Waals surface area contributed by atoms with Crippen molar-refractivity contribution in [3.8, 4) is 5.69 Å². The Morgan fingerprint density at radius 2 is 2.27 bits per heavy atom. The van der Waals surface area contributed by atoms with Crippen LogP contribution in [-0.4, -0.2) is 62.8 Å². The molecular weight excluding hydrogens is 397 g/mol. The van der Waals surface area contributed by atoms with Gasteiger partial charge in [-0.1, -0.05) is 0 Å². The summed E-state index contributed by atoms with van der Waals surface area (Å²) in [6.45, 7) is 0.682. The monoisotopic (exact) mass is 415 g/mol. The maximum Gasteiger partial charge on any atom is 0.414 e. The Labute approximate surface area is 170 Å². The summed E-state index contributed by atoms with van der Waals surface area (Å²) in [5.41, 5.74) is 1.32. The highest BCUT2D eigenvalue weighted by molar-refractivity contribution is 5.90. The minimum absolute atomic E-state index is 0.0963. The first kappa shape index (κ1) is 19.4. The third-order valence-corrected chi connectivity index (χ3v) is 4.48. The minimum Gasteiger partial charge on any atom is -0.453 e. The van der Waals surface area contributed by atoms with Gasteiger partial charge in [0.25, 0.3) is 0 Å². The van der Waals surface area contributed by atoms with Gasteiger partial charge in [-0.3, -0.25) is 4.90 Å². The number of nitrogens with zero attached hydrogens (tertiary/aromatic N) is 6. The summed E-state index contributed by atoms with van der Waals surface area (Å²) in [6.07, 6.45) is 4.39. The number of hydrogen-bond acceptors (Lipinski definition) is 7. The summed E-state index contributed by atoms with van der Waals surface area (Å²) in [4.78, 5) is 32.7. The molecule has 0 unspecified atom stereocenters. The standard InChI is InChI=1S/C18H18FN7O4/c1-29-17(27)21-5-14-8-26(18(28)30-14)13-2-3-16(15(19)4-13)24-6-12(22-11-24)7-25-10-20-9-23-25/h2-4,6,9-11,14H,5,7-8H2,1H3,(H,21,27)/t14-/m0/s1. The quantitative estimate of drug-likeness (QED) is 0.646. The number of hydrogen-bond donors (Lipinski definition) is 1. The number of alkyl carbamates (subject to hydrolysis) is 1. The minimum atomic E-state index is -0.622. The van der Waals surface area contributed by atoms with Crippen LogP contribution in [0.5, 0.6) is 0 Å². The Kier molecular flexibility index (Phi) is 5.28. The lowest BCUT2D eigenvalue weighted by Crippen LogP contribution is -2.34. The largest absolute Gasteiger partial charge is 0.453 e. The van der Waals surface area contributed by atoms with E-state index in [2.05, 4.69) is 25.1 Å². The number of imidazole rings is 1. The third-order valence-electron chi connectivity index (χ3n) is 4.48. The van der Waals surface area contributed by atoms with Crippen molar-refractivity contribution in [1.29, 1.82) is 0 Å². The topological polar surface area (TPSA) is 116 Å². The van der Waals surface area contributed by atoms with Gasteiger partial charge in [0.2, 0.25) is 0 Å². The van der Waals surface area contributed by atoms with E-state index in [1.54, 1.807) is 33.9 Å². The number of carbonyl (C=O) groups excluding carboxylic acids is 2. The molecule has 3 aromatic rings. The second-order valence-electron chi connectivity index (χ2n) is 6.49. The summed E-state index contributed by atoms with van der Waals surface area (Å²) in [5, 5.41) is 6.48. The molecule has 1 aromatic carbocycles. The first-order chi connectivity index (χ1) is 14.5. The lowest BCUT2D eigenvalue weighted by atomic mass is 10.2. The van der Waals surface area contributed by atoms with Crippen LogP contribution < -0.4 is 10.2 Å². The van der Waals surface area contributed by atoms with Crippen molar-refractivity contribution in [3.05, 3.63) is 54.9 Å². The maximum atomic E-state index is 14.8. The third kappa shape index (κ3) is 4.06. The highest BCUT2D eigenvalue weighted by atomic mass is 19.1. The summed E-state index contributed by atoms with van der Waals surface area (Å²) in [5.74, 6) is -0.527. The Balaban J connectivity index is 1.45. The zero-order valence-corrected chi connectivity index (χ0v) is 15.9. The van der Waals surface area contributed by atoms with Crippen LogP contribution in [-0.2, 0) is 16.0 Å². The number of amides is 2. The molecule has 30 heavy (non-hydrogen) atoms. The summed E-state index contributed by atoms with van der Waals surface area (Å²) in [7, 11) is 1.24. The molecular formula is C18H18FN7O4. The van der Waals surface area contributed by atoms with Gasteiger partial charge in [-0.05, 0) is 18.2 Å². The Hall–Kier alpha value is -3.96. The number of benzene rings is 1. The number of aromatic nitrogens is 5. The number of halogens is 1. The number of cyclic esters (lactones) is 1. The van der Waals surface area contributed by atoms with Crippen molar-refractivity contribution in [2.75, 3.05) is 25.1 Å². The zero-order chi connectivity index (χ0) is 21.1. The summed E-state index contributed by atoms with van der Waals surface area (Å²) >= 11 is 0. The van der Waals surface area contributed by atoms with Gasteiger partial charge < -0.3 is 19.4 Å². The van der Waals surface area contributed by atoms with Crippen molar-refractivity contribution in [1.82, 2.24) is 29.6 Å². The van der Waals surface area contributed by atoms with Gasteiger partial charge in [0.05, 0.1) is 50.1 Å². The normalized spacial score (nSPS) is 15.9. The number of rotatable bonds is 6. The molecule has 1 fully saturated rings. The lowest BCUT2D eigenvalue weighted by Gasteiger charge is -2.14. The number of methoxy groups -OCH3 is 1. The van der Waals surface area contributed by atoms with E-state index in [1.165, 1.54) is 30.7 Å². The molecule has 1 aliphatic rings. The van der Waals surface area contributed by atoms with Crippen molar-refractivity contribution in [2.45, 2.75) is 12.6 Å². The lowest BCUT2D eigenvalue weighted by molar-refractivity contribution is 0.132. The fourth-order valence-corrected chi connectivity index (χ4v) is 3.04. The van der Waals surface area contributed by atoms with Gasteiger partial charge in [-0.2, -0.15) is 5.10 Å². The van der Waals surface area contributed by atoms with Crippen LogP contribution >= 0.6 is 0 Å². The molecule has 156 valence electrons. The maximum absolute atomic E-state index is 14.8. The average Bonchev–Trinajstić information content (AvgIpc) is 3.48. The second kappa shape index (κ2) is 8.19. The van der Waals surface area contributed by atoms with Crippen LogP contribution in [0.2, 0.25) is 0 Å². The first-order valence-corrected chi connectivity index (χ1v) is 8.98. The van der Waals surface area contributed by atoms with Crippen molar-refractivity contribution < 1.29 is 23.5 Å². The molecule has 0 saturated carbocycles. The molecule has 1 atom stereocenters. The van der Waals surface area contributed by atoms with Crippen LogP contribution in [0.3, 0.4) is 0 Å². The van der Waals surface area contributed by atoms with Crippen molar-refractivity contribution in [2.24, 2.45) is 0 Å². The molecule has 1 saturated heterocycles. The first-order valence-electron chi connectivity index (χ1n) is 8.98.